The third kappa shape index (κ3) is 5.06. The average Bonchev–Trinajstić information content (AvgIpc) is 2.53. The third-order valence-corrected chi connectivity index (χ3v) is 3.50. The van der Waals surface area contributed by atoms with Crippen LogP contribution in [0, 0.1) is 0 Å². The molecule has 4 heteroatoms. The van der Waals surface area contributed by atoms with Crippen LogP contribution in [0.1, 0.15) is 37.8 Å². The quantitative estimate of drug-likeness (QED) is 0.591. The molecule has 1 aromatic rings. The molecule has 1 atom stereocenters. The number of nitrogens with one attached hydrogen (secondary N) is 1. The summed E-state index contributed by atoms with van der Waals surface area (Å²) in [5, 5.41) is 2.57. The van der Waals surface area contributed by atoms with Gasteiger partial charge >= 0.3 is 0 Å². The summed E-state index contributed by atoms with van der Waals surface area (Å²) >= 11 is 0. The number of carbonyl (C=O) groups excluding carboxylic acids is 2. The molecule has 0 fully saturated rings. The molecule has 114 valence electrons. The maximum absolute atomic E-state index is 11.5. The predicted molar refractivity (Wildman–Crippen MR) is 83.8 cm³/mol. The molecule has 0 aromatic heterocycles. The monoisotopic (exact) mass is 289 g/mol. The molecule has 0 radical (unpaired) electrons. The van der Waals surface area contributed by atoms with Gasteiger partial charge in [-0.05, 0) is 37.5 Å². The largest absolute Gasteiger partial charge is 0.501 e. The standard InChI is InChI=1S/C17H23NO3/c1-4-21-12-10-14-5-7-15(8-6-14)17(2,13-19)11-9-16(20)18-3/h5-8,10,12-13H,4,9,11H2,1-3H3,(H,18,20)/b12-10+. The van der Waals surface area contributed by atoms with Crippen molar-refractivity contribution in [3.05, 3.63) is 41.7 Å². The third-order valence-electron chi connectivity index (χ3n) is 3.50. The van der Waals surface area contributed by atoms with Gasteiger partial charge in [0, 0.05) is 18.9 Å². The maximum Gasteiger partial charge on any atom is 0.219 e. The number of rotatable bonds is 8. The summed E-state index contributed by atoms with van der Waals surface area (Å²) in [4.78, 5) is 22.8. The van der Waals surface area contributed by atoms with Crippen LogP contribution in [0.15, 0.2) is 30.5 Å². The SMILES string of the molecule is CCO/C=C/c1ccc(C(C)(C=O)CCC(=O)NC)cc1. The summed E-state index contributed by atoms with van der Waals surface area (Å²) in [5.41, 5.74) is 1.27. The van der Waals surface area contributed by atoms with Crippen molar-refractivity contribution in [1.82, 2.24) is 5.32 Å². The summed E-state index contributed by atoms with van der Waals surface area (Å²) in [6.45, 7) is 4.42. The van der Waals surface area contributed by atoms with Crippen molar-refractivity contribution in [3.63, 3.8) is 0 Å². The lowest BCUT2D eigenvalue weighted by Crippen LogP contribution is -2.27. The summed E-state index contributed by atoms with van der Waals surface area (Å²) < 4.78 is 5.15. The van der Waals surface area contributed by atoms with Crippen LogP contribution < -0.4 is 5.32 Å². The van der Waals surface area contributed by atoms with Crippen molar-refractivity contribution >= 4 is 18.3 Å². The Morgan fingerprint density at radius 1 is 1.33 bits per heavy atom. The van der Waals surface area contributed by atoms with Crippen molar-refractivity contribution in [2.45, 2.75) is 32.1 Å². The Morgan fingerprint density at radius 3 is 2.52 bits per heavy atom. The van der Waals surface area contributed by atoms with Crippen LogP contribution in [-0.4, -0.2) is 25.8 Å². The topological polar surface area (TPSA) is 55.4 Å². The molecular weight excluding hydrogens is 266 g/mol. The Labute approximate surface area is 126 Å². The van der Waals surface area contributed by atoms with Crippen LogP contribution in [0.2, 0.25) is 0 Å². The highest BCUT2D eigenvalue weighted by molar-refractivity contribution is 5.77. The fourth-order valence-corrected chi connectivity index (χ4v) is 1.97. The Balaban J connectivity index is 2.81. The van der Waals surface area contributed by atoms with Crippen molar-refractivity contribution in [3.8, 4) is 0 Å². The van der Waals surface area contributed by atoms with E-state index in [2.05, 4.69) is 5.32 Å². The first-order valence-electron chi connectivity index (χ1n) is 7.11. The number of ether oxygens (including phenoxy) is 1. The molecule has 1 unspecified atom stereocenters. The number of carbonyl (C=O) groups is 2. The van der Waals surface area contributed by atoms with Crippen LogP contribution in [0.5, 0.6) is 0 Å². The zero-order chi connectivity index (χ0) is 15.7. The smallest absolute Gasteiger partial charge is 0.219 e. The molecular formula is C17H23NO3. The van der Waals surface area contributed by atoms with Crippen molar-refractivity contribution in [2.24, 2.45) is 0 Å². The molecule has 0 saturated carbocycles. The van der Waals surface area contributed by atoms with Gasteiger partial charge in [0.1, 0.15) is 6.29 Å². The van der Waals surface area contributed by atoms with E-state index in [1.165, 1.54) is 0 Å². The lowest BCUT2D eigenvalue weighted by atomic mass is 9.79. The van der Waals surface area contributed by atoms with Gasteiger partial charge in [-0.25, -0.2) is 0 Å². The predicted octanol–water partition coefficient (Wildman–Crippen LogP) is 2.68. The highest BCUT2D eigenvalue weighted by atomic mass is 16.5. The number of amides is 1. The van der Waals surface area contributed by atoms with Crippen molar-refractivity contribution < 1.29 is 14.3 Å². The maximum atomic E-state index is 11.5. The highest BCUT2D eigenvalue weighted by Crippen LogP contribution is 2.27. The summed E-state index contributed by atoms with van der Waals surface area (Å²) in [7, 11) is 1.60. The van der Waals surface area contributed by atoms with Gasteiger partial charge in [0.25, 0.3) is 0 Å². The van der Waals surface area contributed by atoms with Gasteiger partial charge in [-0.1, -0.05) is 24.3 Å². The van der Waals surface area contributed by atoms with E-state index < -0.39 is 5.41 Å². The van der Waals surface area contributed by atoms with Gasteiger partial charge in [-0.15, -0.1) is 0 Å². The highest BCUT2D eigenvalue weighted by Gasteiger charge is 2.26. The van der Waals surface area contributed by atoms with E-state index in [0.29, 0.717) is 19.4 Å². The summed E-state index contributed by atoms with van der Waals surface area (Å²) in [6.07, 6.45) is 5.26. The van der Waals surface area contributed by atoms with E-state index in [0.717, 1.165) is 17.4 Å². The molecule has 4 nitrogen and oxygen atoms in total. The van der Waals surface area contributed by atoms with Crippen molar-refractivity contribution in [2.75, 3.05) is 13.7 Å². The molecule has 0 aliphatic heterocycles. The first-order chi connectivity index (χ1) is 10.1. The second-order valence-electron chi connectivity index (χ2n) is 5.09. The van der Waals surface area contributed by atoms with Crippen LogP contribution in [0.25, 0.3) is 6.08 Å². The average molecular weight is 289 g/mol. The van der Waals surface area contributed by atoms with Gasteiger partial charge < -0.3 is 14.8 Å². The Hall–Kier alpha value is -2.10. The molecule has 0 bridgehead atoms. The molecule has 0 spiro atoms. The zero-order valence-electron chi connectivity index (χ0n) is 12.9. The molecule has 0 heterocycles. The van der Waals surface area contributed by atoms with E-state index >= 15 is 0 Å². The first-order valence-corrected chi connectivity index (χ1v) is 7.11. The first kappa shape index (κ1) is 17.0. The van der Waals surface area contributed by atoms with Crippen LogP contribution >= 0.6 is 0 Å². The summed E-state index contributed by atoms with van der Waals surface area (Å²) in [5.74, 6) is -0.0562. The number of hydrogen-bond acceptors (Lipinski definition) is 3. The van der Waals surface area contributed by atoms with Gasteiger partial charge in [0.05, 0.1) is 12.9 Å². The van der Waals surface area contributed by atoms with Gasteiger partial charge in [-0.3, -0.25) is 4.79 Å². The Bertz CT molecular complexity index is 493. The zero-order valence-corrected chi connectivity index (χ0v) is 12.9. The lowest BCUT2D eigenvalue weighted by molar-refractivity contribution is -0.121. The van der Waals surface area contributed by atoms with Crippen molar-refractivity contribution in [1.29, 1.82) is 0 Å². The Kier molecular flexibility index (Phi) is 6.66. The second kappa shape index (κ2) is 8.25. The van der Waals surface area contributed by atoms with E-state index in [4.69, 9.17) is 4.74 Å². The molecule has 1 aromatic carbocycles. The van der Waals surface area contributed by atoms with E-state index in [-0.39, 0.29) is 5.91 Å². The molecule has 1 amide bonds. The van der Waals surface area contributed by atoms with E-state index in [1.807, 2.05) is 44.2 Å². The van der Waals surface area contributed by atoms with Gasteiger partial charge in [0.15, 0.2) is 0 Å². The van der Waals surface area contributed by atoms with Crippen LogP contribution in [-0.2, 0) is 19.7 Å². The van der Waals surface area contributed by atoms with Crippen LogP contribution in [0.4, 0.5) is 0 Å². The molecule has 0 aliphatic carbocycles. The fourth-order valence-electron chi connectivity index (χ4n) is 1.97. The van der Waals surface area contributed by atoms with Gasteiger partial charge in [0.2, 0.25) is 5.91 Å². The minimum Gasteiger partial charge on any atom is -0.501 e. The van der Waals surface area contributed by atoms with E-state index in [1.54, 1.807) is 13.3 Å². The second-order valence-corrected chi connectivity index (χ2v) is 5.09. The fraction of sp³-hybridized carbons (Fsp3) is 0.412. The minimum absolute atomic E-state index is 0.0562. The molecule has 0 saturated heterocycles. The van der Waals surface area contributed by atoms with Crippen LogP contribution in [0.3, 0.4) is 0 Å². The lowest BCUT2D eigenvalue weighted by Gasteiger charge is -2.23. The molecule has 21 heavy (non-hydrogen) atoms. The minimum atomic E-state index is -0.644. The van der Waals surface area contributed by atoms with E-state index in [9.17, 15) is 9.59 Å². The Morgan fingerprint density at radius 2 is 2.00 bits per heavy atom. The molecule has 1 rings (SSSR count). The summed E-state index contributed by atoms with van der Waals surface area (Å²) in [6, 6.07) is 7.72. The van der Waals surface area contributed by atoms with Gasteiger partial charge in [-0.2, -0.15) is 0 Å². The molecule has 0 aliphatic rings. The number of aldehydes is 1. The number of benzene rings is 1. The molecule has 1 N–H and O–H groups in total. The number of hydrogen-bond donors (Lipinski definition) is 1. The normalized spacial score (nSPS) is 13.7.